The Balaban J connectivity index is 1.49. The molecule has 1 heterocycles. The van der Waals surface area contributed by atoms with E-state index in [4.69, 9.17) is 0 Å². The van der Waals surface area contributed by atoms with E-state index in [-0.39, 0.29) is 30.0 Å². The van der Waals surface area contributed by atoms with Crippen molar-refractivity contribution in [2.24, 2.45) is 11.8 Å². The molecule has 2 amide bonds. The zero-order valence-corrected chi connectivity index (χ0v) is 14.0. The lowest BCUT2D eigenvalue weighted by molar-refractivity contribution is -0.135. The Morgan fingerprint density at radius 3 is 2.54 bits per heavy atom. The Morgan fingerprint density at radius 2 is 1.88 bits per heavy atom. The number of halogens is 1. The van der Waals surface area contributed by atoms with Crippen molar-refractivity contribution in [2.45, 2.75) is 38.5 Å². The van der Waals surface area contributed by atoms with Crippen LogP contribution in [-0.2, 0) is 16.0 Å². The van der Waals surface area contributed by atoms with Crippen LogP contribution in [0.15, 0.2) is 24.3 Å². The van der Waals surface area contributed by atoms with E-state index in [0.29, 0.717) is 19.0 Å². The molecule has 1 atom stereocenters. The second-order valence-corrected chi connectivity index (χ2v) is 7.02. The molecule has 130 valence electrons. The fourth-order valence-corrected chi connectivity index (χ4v) is 3.39. The first-order valence-corrected chi connectivity index (χ1v) is 8.92. The summed E-state index contributed by atoms with van der Waals surface area (Å²) in [6, 6.07) is 6.02. The molecule has 1 saturated carbocycles. The van der Waals surface area contributed by atoms with E-state index in [1.54, 1.807) is 17.0 Å². The third kappa shape index (κ3) is 4.34. The molecule has 24 heavy (non-hydrogen) atoms. The predicted octanol–water partition coefficient (Wildman–Crippen LogP) is 2.52. The molecule has 1 saturated heterocycles. The van der Waals surface area contributed by atoms with Crippen molar-refractivity contribution < 1.29 is 14.0 Å². The number of carbonyl (C=O) groups excluding carboxylic acids is 2. The zero-order chi connectivity index (χ0) is 16.9. The molecule has 2 fully saturated rings. The molecule has 0 bridgehead atoms. The summed E-state index contributed by atoms with van der Waals surface area (Å²) in [5.74, 6) is 0.344. The van der Waals surface area contributed by atoms with Crippen molar-refractivity contribution in [1.82, 2.24) is 10.2 Å². The fraction of sp³-hybridized carbons (Fsp3) is 0.579. The van der Waals surface area contributed by atoms with Gasteiger partial charge in [0.25, 0.3) is 0 Å². The highest BCUT2D eigenvalue weighted by atomic mass is 19.1. The standard InChI is InChI=1S/C19H25FN2O2/c20-17-8-6-14(7-9-17)11-18(23)22-10-2-5-16(13-22)19(24)21-12-15-3-1-4-15/h6-9,15-16H,1-5,10-13H2,(H,21,24)/t16-/m0/s1. The SMILES string of the molecule is O=C(NCC1CCC1)[C@H]1CCCN(C(=O)Cc2ccc(F)cc2)C1. The van der Waals surface area contributed by atoms with Gasteiger partial charge < -0.3 is 10.2 Å². The maximum absolute atomic E-state index is 12.9. The highest BCUT2D eigenvalue weighted by molar-refractivity contribution is 5.82. The molecule has 0 spiro atoms. The smallest absolute Gasteiger partial charge is 0.227 e. The number of nitrogens with one attached hydrogen (secondary N) is 1. The van der Waals surface area contributed by atoms with Gasteiger partial charge in [0.1, 0.15) is 5.82 Å². The molecule has 1 aliphatic carbocycles. The van der Waals surface area contributed by atoms with Gasteiger partial charge in [-0.2, -0.15) is 0 Å². The van der Waals surface area contributed by atoms with Gasteiger partial charge in [-0.25, -0.2) is 4.39 Å². The van der Waals surface area contributed by atoms with Gasteiger partial charge in [0.2, 0.25) is 11.8 Å². The summed E-state index contributed by atoms with van der Waals surface area (Å²) >= 11 is 0. The second-order valence-electron chi connectivity index (χ2n) is 7.02. The predicted molar refractivity (Wildman–Crippen MR) is 89.8 cm³/mol. The summed E-state index contributed by atoms with van der Waals surface area (Å²) in [6.45, 7) is 1.97. The van der Waals surface area contributed by atoms with Gasteiger partial charge in [-0.1, -0.05) is 18.6 Å². The first-order valence-electron chi connectivity index (χ1n) is 8.92. The third-order valence-corrected chi connectivity index (χ3v) is 5.20. The highest BCUT2D eigenvalue weighted by Crippen LogP contribution is 2.25. The summed E-state index contributed by atoms with van der Waals surface area (Å²) in [6.07, 6.45) is 5.67. The molecule has 1 aromatic rings. The van der Waals surface area contributed by atoms with Crippen molar-refractivity contribution >= 4 is 11.8 Å². The van der Waals surface area contributed by atoms with Gasteiger partial charge in [0.15, 0.2) is 0 Å². The van der Waals surface area contributed by atoms with Crippen molar-refractivity contribution in [3.05, 3.63) is 35.6 Å². The number of hydrogen-bond donors (Lipinski definition) is 1. The van der Waals surface area contributed by atoms with Gasteiger partial charge in [0, 0.05) is 19.6 Å². The second kappa shape index (κ2) is 7.77. The van der Waals surface area contributed by atoms with E-state index in [2.05, 4.69) is 5.32 Å². The molecular formula is C19H25FN2O2. The molecule has 1 aliphatic heterocycles. The number of rotatable bonds is 5. The summed E-state index contributed by atoms with van der Waals surface area (Å²) in [5.41, 5.74) is 0.804. The van der Waals surface area contributed by atoms with Crippen molar-refractivity contribution in [1.29, 1.82) is 0 Å². The quantitative estimate of drug-likeness (QED) is 0.901. The van der Waals surface area contributed by atoms with Crippen LogP contribution in [0.1, 0.15) is 37.7 Å². The lowest BCUT2D eigenvalue weighted by Crippen LogP contribution is -2.46. The molecule has 3 rings (SSSR count). The minimum absolute atomic E-state index is 0.0121. The number of amides is 2. The van der Waals surface area contributed by atoms with Gasteiger partial charge in [-0.15, -0.1) is 0 Å². The summed E-state index contributed by atoms with van der Waals surface area (Å²) < 4.78 is 12.9. The van der Waals surface area contributed by atoms with Gasteiger partial charge >= 0.3 is 0 Å². The average Bonchev–Trinajstić information content (AvgIpc) is 2.55. The number of hydrogen-bond acceptors (Lipinski definition) is 2. The normalized spacial score (nSPS) is 21.2. The van der Waals surface area contributed by atoms with Crippen LogP contribution < -0.4 is 5.32 Å². The monoisotopic (exact) mass is 332 g/mol. The van der Waals surface area contributed by atoms with E-state index in [1.807, 2.05) is 0 Å². The van der Waals surface area contributed by atoms with Crippen molar-refractivity contribution in [3.8, 4) is 0 Å². The Labute approximate surface area is 142 Å². The Hall–Kier alpha value is -1.91. The molecule has 5 heteroatoms. The first-order chi connectivity index (χ1) is 11.6. The zero-order valence-electron chi connectivity index (χ0n) is 14.0. The van der Waals surface area contributed by atoms with Crippen LogP contribution in [0, 0.1) is 17.7 Å². The van der Waals surface area contributed by atoms with E-state index < -0.39 is 0 Å². The lowest BCUT2D eigenvalue weighted by Gasteiger charge is -2.33. The van der Waals surface area contributed by atoms with Gasteiger partial charge in [-0.3, -0.25) is 9.59 Å². The molecule has 1 aromatic carbocycles. The third-order valence-electron chi connectivity index (χ3n) is 5.20. The number of likely N-dealkylation sites (tertiary alicyclic amines) is 1. The molecule has 2 aliphatic rings. The molecule has 4 nitrogen and oxygen atoms in total. The topological polar surface area (TPSA) is 49.4 Å². The minimum atomic E-state index is -0.299. The van der Waals surface area contributed by atoms with E-state index in [0.717, 1.165) is 24.9 Å². The number of piperidine rings is 1. The summed E-state index contributed by atoms with van der Waals surface area (Å²) in [5, 5.41) is 3.05. The first kappa shape index (κ1) is 16.9. The van der Waals surface area contributed by atoms with Gasteiger partial charge in [0.05, 0.1) is 12.3 Å². The molecule has 0 unspecified atom stereocenters. The molecule has 0 aromatic heterocycles. The number of carbonyl (C=O) groups is 2. The van der Waals surface area contributed by atoms with Crippen molar-refractivity contribution in [3.63, 3.8) is 0 Å². The molecule has 0 radical (unpaired) electrons. The Morgan fingerprint density at radius 1 is 1.12 bits per heavy atom. The Bertz CT molecular complexity index is 584. The Kier molecular flexibility index (Phi) is 5.48. The van der Waals surface area contributed by atoms with Crippen LogP contribution in [0.3, 0.4) is 0 Å². The van der Waals surface area contributed by atoms with Gasteiger partial charge in [-0.05, 0) is 49.3 Å². The van der Waals surface area contributed by atoms with Crippen LogP contribution in [0.25, 0.3) is 0 Å². The minimum Gasteiger partial charge on any atom is -0.356 e. The maximum atomic E-state index is 12.9. The van der Waals surface area contributed by atoms with E-state index in [1.165, 1.54) is 31.4 Å². The van der Waals surface area contributed by atoms with Crippen LogP contribution in [-0.4, -0.2) is 36.3 Å². The van der Waals surface area contributed by atoms with E-state index in [9.17, 15) is 14.0 Å². The van der Waals surface area contributed by atoms with Crippen LogP contribution in [0.4, 0.5) is 4.39 Å². The summed E-state index contributed by atoms with van der Waals surface area (Å²) in [7, 11) is 0. The van der Waals surface area contributed by atoms with Crippen LogP contribution in [0.5, 0.6) is 0 Å². The number of benzene rings is 1. The lowest BCUT2D eigenvalue weighted by atomic mass is 9.85. The van der Waals surface area contributed by atoms with Crippen molar-refractivity contribution in [2.75, 3.05) is 19.6 Å². The highest BCUT2D eigenvalue weighted by Gasteiger charge is 2.29. The average molecular weight is 332 g/mol. The van der Waals surface area contributed by atoms with Crippen LogP contribution in [0.2, 0.25) is 0 Å². The maximum Gasteiger partial charge on any atom is 0.227 e. The number of nitrogens with zero attached hydrogens (tertiary/aromatic N) is 1. The molecule has 1 N–H and O–H groups in total. The van der Waals surface area contributed by atoms with E-state index >= 15 is 0 Å². The molecular weight excluding hydrogens is 307 g/mol. The summed E-state index contributed by atoms with van der Waals surface area (Å²) in [4.78, 5) is 26.5. The fourth-order valence-electron chi connectivity index (χ4n) is 3.39. The largest absolute Gasteiger partial charge is 0.356 e. The van der Waals surface area contributed by atoms with Crippen LogP contribution >= 0.6 is 0 Å².